The van der Waals surface area contributed by atoms with Gasteiger partial charge < -0.3 is 21.1 Å². The minimum atomic E-state index is 0.00694. The molecule has 1 fully saturated rings. The molecule has 1 unspecified atom stereocenters. The normalized spacial score (nSPS) is 19.5. The molecular formula is C23H33N3O2. The molecule has 152 valence electrons. The molecule has 1 aliphatic heterocycles. The third-order valence-electron chi connectivity index (χ3n) is 5.85. The average Bonchev–Trinajstić information content (AvgIpc) is 2.73. The maximum absolute atomic E-state index is 13.3. The van der Waals surface area contributed by atoms with E-state index < -0.39 is 0 Å². The van der Waals surface area contributed by atoms with Crippen molar-refractivity contribution < 1.29 is 9.90 Å². The molecule has 0 bridgehead atoms. The zero-order valence-corrected chi connectivity index (χ0v) is 16.8. The summed E-state index contributed by atoms with van der Waals surface area (Å²) in [5, 5.41) is 14.9. The molecule has 2 aromatic carbocycles. The van der Waals surface area contributed by atoms with E-state index in [1.54, 1.807) is 0 Å². The maximum Gasteiger partial charge on any atom is 0.254 e. The minimum Gasteiger partial charge on any atom is -0.396 e. The first-order chi connectivity index (χ1) is 13.6. The number of nitrogens with one attached hydrogen (secondary N) is 1. The number of fused-ring (bicyclic) bond motifs is 1. The lowest BCUT2D eigenvalue weighted by Gasteiger charge is -2.39. The number of carbonyl (C=O) groups is 1. The number of nitrogens with zero attached hydrogens (tertiary/aromatic N) is 1. The summed E-state index contributed by atoms with van der Waals surface area (Å²) in [6.45, 7) is 4.55. The van der Waals surface area contributed by atoms with Gasteiger partial charge in [0.05, 0.1) is 0 Å². The van der Waals surface area contributed by atoms with Crippen LogP contribution in [0.5, 0.6) is 0 Å². The average molecular weight is 384 g/mol. The molecule has 5 heteroatoms. The number of nitrogens with two attached hydrogens (primary N) is 1. The van der Waals surface area contributed by atoms with Gasteiger partial charge >= 0.3 is 0 Å². The standard InChI is InChI=1S/C23H33N3O2/c1-2-6-18(15-19(24)11-14-27)22-16-26(13-12-25-22)23(28)21-10-5-8-17-7-3-4-9-20(17)21/h3-5,7-10,18-19,22,25,27H,2,6,11-16,24H2,1H3/t18?,19-,22+/m0/s1. The summed E-state index contributed by atoms with van der Waals surface area (Å²) in [5.74, 6) is 0.521. The summed E-state index contributed by atoms with van der Waals surface area (Å²) in [6.07, 6.45) is 3.67. The van der Waals surface area contributed by atoms with E-state index in [2.05, 4.69) is 12.2 Å². The first-order valence-electron chi connectivity index (χ1n) is 10.5. The number of rotatable bonds is 8. The van der Waals surface area contributed by atoms with Gasteiger partial charge in [-0.1, -0.05) is 49.7 Å². The number of hydrogen-bond donors (Lipinski definition) is 3. The van der Waals surface area contributed by atoms with Crippen molar-refractivity contribution in [1.29, 1.82) is 0 Å². The topological polar surface area (TPSA) is 78.6 Å². The molecule has 5 nitrogen and oxygen atoms in total. The molecule has 2 aromatic rings. The lowest BCUT2D eigenvalue weighted by atomic mass is 9.86. The smallest absolute Gasteiger partial charge is 0.254 e. The monoisotopic (exact) mass is 383 g/mol. The molecule has 1 saturated heterocycles. The van der Waals surface area contributed by atoms with Crippen LogP contribution in [0.4, 0.5) is 0 Å². The zero-order valence-electron chi connectivity index (χ0n) is 16.8. The van der Waals surface area contributed by atoms with E-state index in [1.165, 1.54) is 0 Å². The summed E-state index contributed by atoms with van der Waals surface area (Å²) < 4.78 is 0. The van der Waals surface area contributed by atoms with Crippen molar-refractivity contribution in [2.45, 2.75) is 44.7 Å². The largest absolute Gasteiger partial charge is 0.396 e. The van der Waals surface area contributed by atoms with Crippen molar-refractivity contribution in [2.75, 3.05) is 26.2 Å². The Balaban J connectivity index is 1.75. The van der Waals surface area contributed by atoms with Gasteiger partial charge in [-0.3, -0.25) is 4.79 Å². The third kappa shape index (κ3) is 4.90. The van der Waals surface area contributed by atoms with Gasteiger partial charge in [-0.25, -0.2) is 0 Å². The van der Waals surface area contributed by atoms with Crippen molar-refractivity contribution >= 4 is 16.7 Å². The van der Waals surface area contributed by atoms with Crippen molar-refractivity contribution in [3.8, 4) is 0 Å². The fourth-order valence-corrected chi connectivity index (χ4v) is 4.39. The highest BCUT2D eigenvalue weighted by Gasteiger charge is 2.30. The molecule has 3 atom stereocenters. The predicted molar refractivity (Wildman–Crippen MR) is 114 cm³/mol. The molecule has 0 aliphatic carbocycles. The number of amides is 1. The van der Waals surface area contributed by atoms with Crippen LogP contribution in [0.3, 0.4) is 0 Å². The lowest BCUT2D eigenvalue weighted by molar-refractivity contribution is 0.0667. The molecule has 1 aliphatic rings. The van der Waals surface area contributed by atoms with E-state index in [0.29, 0.717) is 18.9 Å². The molecule has 4 N–H and O–H groups in total. The Bertz CT molecular complexity index is 774. The van der Waals surface area contributed by atoms with E-state index in [4.69, 9.17) is 10.8 Å². The van der Waals surface area contributed by atoms with Crippen LogP contribution in [-0.4, -0.2) is 54.2 Å². The van der Waals surface area contributed by atoms with Crippen molar-refractivity contribution in [3.05, 3.63) is 48.0 Å². The SMILES string of the molecule is CCCC(C[C@@H](N)CCO)[C@H]1CN(C(=O)c2cccc3ccccc23)CCN1. The second-order valence-electron chi connectivity index (χ2n) is 7.90. The Morgan fingerprint density at radius 2 is 2.04 bits per heavy atom. The van der Waals surface area contributed by atoms with Crippen LogP contribution in [0.15, 0.2) is 42.5 Å². The van der Waals surface area contributed by atoms with Crippen LogP contribution in [0.2, 0.25) is 0 Å². The van der Waals surface area contributed by atoms with Gasteiger partial charge in [0.1, 0.15) is 0 Å². The zero-order chi connectivity index (χ0) is 19.9. The quantitative estimate of drug-likeness (QED) is 0.655. The van der Waals surface area contributed by atoms with E-state index in [9.17, 15) is 4.79 Å². The van der Waals surface area contributed by atoms with Crippen LogP contribution in [-0.2, 0) is 0 Å². The van der Waals surface area contributed by atoms with Crippen molar-refractivity contribution in [1.82, 2.24) is 10.2 Å². The van der Waals surface area contributed by atoms with Gasteiger partial charge in [-0.05, 0) is 42.0 Å². The Hall–Kier alpha value is -1.95. The van der Waals surface area contributed by atoms with E-state index >= 15 is 0 Å². The number of piperazine rings is 1. The predicted octanol–water partition coefficient (Wildman–Crippen LogP) is 2.77. The molecular weight excluding hydrogens is 350 g/mol. The molecule has 3 rings (SSSR count). The van der Waals surface area contributed by atoms with Crippen LogP contribution in [0.1, 0.15) is 43.0 Å². The summed E-state index contributed by atoms with van der Waals surface area (Å²) in [6, 6.07) is 14.3. The molecule has 1 heterocycles. The Kier molecular flexibility index (Phi) is 7.43. The van der Waals surface area contributed by atoms with Gasteiger partial charge in [0, 0.05) is 43.9 Å². The molecule has 0 aromatic heterocycles. The highest BCUT2D eigenvalue weighted by atomic mass is 16.3. The molecule has 1 amide bonds. The van der Waals surface area contributed by atoms with Crippen LogP contribution < -0.4 is 11.1 Å². The second-order valence-corrected chi connectivity index (χ2v) is 7.90. The van der Waals surface area contributed by atoms with Crippen LogP contribution >= 0.6 is 0 Å². The van der Waals surface area contributed by atoms with Gasteiger partial charge in [0.25, 0.3) is 5.91 Å². The van der Waals surface area contributed by atoms with E-state index in [1.807, 2.05) is 47.4 Å². The highest BCUT2D eigenvalue weighted by molar-refractivity contribution is 6.07. The molecule has 0 saturated carbocycles. The first-order valence-corrected chi connectivity index (χ1v) is 10.5. The van der Waals surface area contributed by atoms with Gasteiger partial charge in [-0.15, -0.1) is 0 Å². The lowest BCUT2D eigenvalue weighted by Crippen LogP contribution is -2.56. The number of hydrogen-bond acceptors (Lipinski definition) is 4. The Morgan fingerprint density at radius 1 is 1.25 bits per heavy atom. The van der Waals surface area contributed by atoms with Crippen molar-refractivity contribution in [2.24, 2.45) is 11.7 Å². The number of aliphatic hydroxyl groups is 1. The van der Waals surface area contributed by atoms with Gasteiger partial charge in [0.2, 0.25) is 0 Å². The second kappa shape index (κ2) is 10.0. The minimum absolute atomic E-state index is 0.00694. The van der Waals surface area contributed by atoms with Crippen LogP contribution in [0, 0.1) is 5.92 Å². The van der Waals surface area contributed by atoms with Gasteiger partial charge in [0.15, 0.2) is 0 Å². The molecule has 0 radical (unpaired) electrons. The first kappa shape index (κ1) is 20.8. The van der Waals surface area contributed by atoms with E-state index in [-0.39, 0.29) is 24.6 Å². The Morgan fingerprint density at radius 3 is 2.82 bits per heavy atom. The highest BCUT2D eigenvalue weighted by Crippen LogP contribution is 2.24. The summed E-state index contributed by atoms with van der Waals surface area (Å²) >= 11 is 0. The Labute approximate surface area is 167 Å². The fraction of sp³-hybridized carbons (Fsp3) is 0.522. The number of aliphatic hydroxyl groups excluding tert-OH is 1. The van der Waals surface area contributed by atoms with Gasteiger partial charge in [-0.2, -0.15) is 0 Å². The van der Waals surface area contributed by atoms with Crippen molar-refractivity contribution in [3.63, 3.8) is 0 Å². The summed E-state index contributed by atoms with van der Waals surface area (Å²) in [5.41, 5.74) is 6.98. The summed E-state index contributed by atoms with van der Waals surface area (Å²) in [4.78, 5) is 15.3. The van der Waals surface area contributed by atoms with E-state index in [0.717, 1.165) is 48.7 Å². The van der Waals surface area contributed by atoms with Crippen LogP contribution in [0.25, 0.3) is 10.8 Å². The number of carbonyl (C=O) groups excluding carboxylic acids is 1. The maximum atomic E-state index is 13.3. The molecule has 0 spiro atoms. The number of benzene rings is 2. The molecule has 28 heavy (non-hydrogen) atoms. The fourth-order valence-electron chi connectivity index (χ4n) is 4.39. The third-order valence-corrected chi connectivity index (χ3v) is 5.85. The summed E-state index contributed by atoms with van der Waals surface area (Å²) in [7, 11) is 0.